The second-order valence-corrected chi connectivity index (χ2v) is 3.86. The van der Waals surface area contributed by atoms with Crippen molar-refractivity contribution in [2.75, 3.05) is 0 Å². The van der Waals surface area contributed by atoms with Gasteiger partial charge in [-0.15, -0.1) is 0 Å². The van der Waals surface area contributed by atoms with E-state index in [1.54, 1.807) is 6.08 Å². The zero-order valence-electron chi connectivity index (χ0n) is 6.35. The molecule has 0 amide bonds. The first-order valence-corrected chi connectivity index (χ1v) is 4.86. The first-order valence-electron chi connectivity index (χ1n) is 3.28. The molecule has 0 N–H and O–H groups in total. The molecule has 0 saturated heterocycles. The van der Waals surface area contributed by atoms with Gasteiger partial charge in [0, 0.05) is 14.5 Å². The Bertz CT molecular complexity index is 299. The summed E-state index contributed by atoms with van der Waals surface area (Å²) in [6, 6.07) is 3.86. The Kier molecular flexibility index (Phi) is 3.23. The van der Waals surface area contributed by atoms with E-state index in [1.807, 2.05) is 12.1 Å². The van der Waals surface area contributed by atoms with Gasteiger partial charge in [0.25, 0.3) is 0 Å². The summed E-state index contributed by atoms with van der Waals surface area (Å²) in [7, 11) is 0. The topological polar surface area (TPSA) is 12.4 Å². The molecule has 0 aliphatic carbocycles. The Morgan fingerprint density at radius 3 is 2.25 bits per heavy atom. The van der Waals surface area contributed by atoms with Gasteiger partial charge < -0.3 is 0 Å². The van der Waals surface area contributed by atoms with Crippen LogP contribution < -0.4 is 0 Å². The van der Waals surface area contributed by atoms with E-state index in [-0.39, 0.29) is 0 Å². The highest BCUT2D eigenvalue weighted by molar-refractivity contribution is 9.11. The molecule has 62 valence electrons. The lowest BCUT2D eigenvalue weighted by atomic mass is 10.2. The average Bonchev–Trinajstić information content (AvgIpc) is 2.08. The summed E-state index contributed by atoms with van der Waals surface area (Å²) in [6.45, 7) is 7.20. The van der Waals surface area contributed by atoms with Crippen LogP contribution in [-0.2, 0) is 0 Å². The number of hydrogen-bond donors (Lipinski definition) is 0. The van der Waals surface area contributed by atoms with E-state index in [4.69, 9.17) is 0 Å². The molecule has 0 aromatic heterocycles. The zero-order chi connectivity index (χ0) is 9.14. The minimum Gasteiger partial charge on any atom is -0.263 e. The predicted octanol–water partition coefficient (Wildman–Crippen LogP) is 4.19. The fourth-order valence-electron chi connectivity index (χ4n) is 0.912. The maximum Gasteiger partial charge on any atom is 0.0847 e. The second-order valence-electron chi connectivity index (χ2n) is 2.15. The summed E-state index contributed by atoms with van der Waals surface area (Å²) < 4.78 is 1.90. The molecule has 0 aliphatic rings. The molecule has 0 heterocycles. The van der Waals surface area contributed by atoms with E-state index in [1.165, 1.54) is 0 Å². The average molecular weight is 289 g/mol. The van der Waals surface area contributed by atoms with Crippen LogP contribution in [0.2, 0.25) is 0 Å². The van der Waals surface area contributed by atoms with Gasteiger partial charge in [0.2, 0.25) is 0 Å². The summed E-state index contributed by atoms with van der Waals surface area (Å²) in [6.07, 6.45) is 1.75. The van der Waals surface area contributed by atoms with E-state index >= 15 is 0 Å². The quantitative estimate of drug-likeness (QED) is 0.724. The van der Waals surface area contributed by atoms with Crippen LogP contribution in [0, 0.1) is 0 Å². The highest BCUT2D eigenvalue weighted by Gasteiger charge is 2.05. The summed E-state index contributed by atoms with van der Waals surface area (Å²) in [4.78, 5) is 3.90. The third-order valence-corrected chi connectivity index (χ3v) is 2.81. The van der Waals surface area contributed by atoms with Crippen LogP contribution in [0.3, 0.4) is 0 Å². The van der Waals surface area contributed by atoms with Crippen molar-refractivity contribution in [1.29, 1.82) is 0 Å². The Balaban J connectivity index is 3.48. The van der Waals surface area contributed by atoms with Crippen molar-refractivity contribution in [2.24, 2.45) is 4.99 Å². The Labute approximate surface area is 88.5 Å². The minimum atomic E-state index is 0.819. The Morgan fingerprint density at radius 2 is 1.83 bits per heavy atom. The third kappa shape index (κ3) is 1.67. The van der Waals surface area contributed by atoms with Gasteiger partial charge in [0.05, 0.1) is 5.69 Å². The van der Waals surface area contributed by atoms with Gasteiger partial charge in [-0.05, 0) is 34.8 Å². The maximum atomic E-state index is 3.90. The molecule has 1 nitrogen and oxygen atoms in total. The molecule has 0 saturated carbocycles. The smallest absolute Gasteiger partial charge is 0.0847 e. The van der Waals surface area contributed by atoms with Crippen molar-refractivity contribution in [3.8, 4) is 0 Å². The van der Waals surface area contributed by atoms with E-state index < -0.39 is 0 Å². The first-order chi connectivity index (χ1) is 5.70. The van der Waals surface area contributed by atoms with Crippen molar-refractivity contribution in [1.82, 2.24) is 0 Å². The number of aliphatic imine (C=N–C) groups is 1. The van der Waals surface area contributed by atoms with Gasteiger partial charge in [0.1, 0.15) is 0 Å². The highest BCUT2D eigenvalue weighted by Crippen LogP contribution is 2.34. The van der Waals surface area contributed by atoms with E-state index in [0.717, 1.165) is 20.2 Å². The van der Waals surface area contributed by atoms with Gasteiger partial charge in [-0.3, -0.25) is 4.99 Å². The van der Waals surface area contributed by atoms with Gasteiger partial charge in [-0.25, -0.2) is 0 Å². The summed E-state index contributed by atoms with van der Waals surface area (Å²) in [5, 5.41) is 0. The van der Waals surface area contributed by atoms with Gasteiger partial charge in [0.15, 0.2) is 0 Å². The molecule has 0 radical (unpaired) electrons. The van der Waals surface area contributed by atoms with Crippen LogP contribution in [0.15, 0.2) is 32.6 Å². The normalized spacial score (nSPS) is 9.50. The van der Waals surface area contributed by atoms with Crippen LogP contribution in [-0.4, -0.2) is 6.72 Å². The number of nitrogens with zero attached hydrogens (tertiary/aromatic N) is 1. The number of benzene rings is 1. The monoisotopic (exact) mass is 287 g/mol. The highest BCUT2D eigenvalue weighted by atomic mass is 79.9. The second kappa shape index (κ2) is 4.01. The molecule has 0 atom stereocenters. The van der Waals surface area contributed by atoms with Crippen molar-refractivity contribution in [3.63, 3.8) is 0 Å². The minimum absolute atomic E-state index is 0.819. The van der Waals surface area contributed by atoms with Gasteiger partial charge >= 0.3 is 0 Å². The first kappa shape index (κ1) is 9.68. The Morgan fingerprint density at radius 1 is 1.25 bits per heavy atom. The van der Waals surface area contributed by atoms with E-state index in [2.05, 4.69) is 50.1 Å². The molecule has 1 aromatic carbocycles. The molecule has 12 heavy (non-hydrogen) atoms. The third-order valence-electron chi connectivity index (χ3n) is 1.48. The van der Waals surface area contributed by atoms with Crippen molar-refractivity contribution in [2.45, 2.75) is 0 Å². The SMILES string of the molecule is C=Cc1c(Br)ccc(Br)c1N=C. The molecular weight excluding hydrogens is 282 g/mol. The molecule has 0 unspecified atom stereocenters. The fourth-order valence-corrected chi connectivity index (χ4v) is 1.86. The summed E-state index contributed by atoms with van der Waals surface area (Å²) in [5.41, 5.74) is 1.78. The lowest BCUT2D eigenvalue weighted by Gasteiger charge is -2.04. The standard InChI is InChI=1S/C9H7Br2N/c1-3-6-7(10)4-5-8(11)9(6)12-2/h3-5H,1-2H2. The number of halogens is 2. The van der Waals surface area contributed by atoms with Crippen molar-refractivity contribution >= 4 is 50.3 Å². The Hall–Kier alpha value is -0.410. The maximum absolute atomic E-state index is 3.90. The molecule has 1 rings (SSSR count). The molecule has 3 heteroatoms. The summed E-state index contributed by atoms with van der Waals surface area (Å²) in [5.74, 6) is 0. The van der Waals surface area contributed by atoms with Gasteiger partial charge in [-0.2, -0.15) is 0 Å². The van der Waals surface area contributed by atoms with Crippen LogP contribution in [0.4, 0.5) is 5.69 Å². The predicted molar refractivity (Wildman–Crippen MR) is 61.1 cm³/mol. The molecule has 1 aromatic rings. The van der Waals surface area contributed by atoms with Crippen molar-refractivity contribution < 1.29 is 0 Å². The largest absolute Gasteiger partial charge is 0.263 e. The molecular formula is C9H7Br2N. The van der Waals surface area contributed by atoms with Crippen LogP contribution in [0.1, 0.15) is 5.56 Å². The van der Waals surface area contributed by atoms with Crippen molar-refractivity contribution in [3.05, 3.63) is 33.2 Å². The van der Waals surface area contributed by atoms with Gasteiger partial charge in [-0.1, -0.05) is 28.6 Å². The van der Waals surface area contributed by atoms with E-state index in [9.17, 15) is 0 Å². The molecule has 0 fully saturated rings. The van der Waals surface area contributed by atoms with Crippen LogP contribution in [0.5, 0.6) is 0 Å². The van der Waals surface area contributed by atoms with Crippen LogP contribution in [0.25, 0.3) is 6.08 Å². The number of rotatable bonds is 2. The fraction of sp³-hybridized carbons (Fsp3) is 0. The molecule has 0 spiro atoms. The summed E-state index contributed by atoms with van der Waals surface area (Å²) >= 11 is 6.78. The van der Waals surface area contributed by atoms with E-state index in [0.29, 0.717) is 0 Å². The lowest BCUT2D eigenvalue weighted by molar-refractivity contribution is 1.47. The lowest BCUT2D eigenvalue weighted by Crippen LogP contribution is -1.78. The molecule has 0 aliphatic heterocycles. The van der Waals surface area contributed by atoms with Crippen LogP contribution >= 0.6 is 31.9 Å². The molecule has 0 bridgehead atoms. The number of hydrogen-bond acceptors (Lipinski definition) is 1. The zero-order valence-corrected chi connectivity index (χ0v) is 9.52.